The van der Waals surface area contributed by atoms with Crippen LogP contribution in [0.5, 0.6) is 0 Å². The fraction of sp³-hybridized carbons (Fsp3) is 0.583. The van der Waals surface area contributed by atoms with E-state index in [1.165, 1.54) is 10.6 Å². The third-order valence-electron chi connectivity index (χ3n) is 3.28. The van der Waals surface area contributed by atoms with E-state index in [4.69, 9.17) is 0 Å². The lowest BCUT2D eigenvalue weighted by molar-refractivity contribution is 0.199. The summed E-state index contributed by atoms with van der Waals surface area (Å²) in [5, 5.41) is 9.42. The quantitative estimate of drug-likeness (QED) is 0.860. The molecule has 1 N–H and O–H groups in total. The number of aromatic nitrogens is 1. The van der Waals surface area contributed by atoms with Gasteiger partial charge in [-0.2, -0.15) is 4.31 Å². The van der Waals surface area contributed by atoms with Gasteiger partial charge in [-0.25, -0.2) is 13.4 Å². The Labute approximate surface area is 113 Å². The first-order chi connectivity index (χ1) is 8.88. The summed E-state index contributed by atoms with van der Waals surface area (Å²) in [6, 6.07) is 3.70. The smallest absolute Gasteiger partial charge is 0.211 e. The van der Waals surface area contributed by atoms with Gasteiger partial charge in [0, 0.05) is 32.4 Å². The molecule has 0 saturated carbocycles. The number of hydrogen-bond acceptors (Lipinski definition) is 5. The van der Waals surface area contributed by atoms with Crippen molar-refractivity contribution in [2.24, 2.45) is 0 Å². The first-order valence-electron chi connectivity index (χ1n) is 6.22. The topological polar surface area (TPSA) is 73.7 Å². The number of hydrogen-bond donors (Lipinski definition) is 1. The van der Waals surface area contributed by atoms with Crippen molar-refractivity contribution < 1.29 is 13.5 Å². The van der Waals surface area contributed by atoms with Crippen LogP contribution in [0.25, 0.3) is 0 Å². The second kappa shape index (κ2) is 5.44. The Kier molecular flexibility index (Phi) is 4.07. The highest BCUT2D eigenvalue weighted by Gasteiger charge is 2.23. The van der Waals surface area contributed by atoms with Crippen molar-refractivity contribution in [3.63, 3.8) is 0 Å². The van der Waals surface area contributed by atoms with Gasteiger partial charge >= 0.3 is 0 Å². The largest absolute Gasteiger partial charge is 0.389 e. The molecule has 1 aliphatic rings. The number of pyridine rings is 1. The summed E-state index contributed by atoms with van der Waals surface area (Å²) < 4.78 is 24.3. The molecule has 0 aromatic carbocycles. The Balaban J connectivity index is 2.02. The van der Waals surface area contributed by atoms with E-state index in [1.807, 2.05) is 17.0 Å². The van der Waals surface area contributed by atoms with Crippen LogP contribution in [0.1, 0.15) is 18.6 Å². The van der Waals surface area contributed by atoms with Gasteiger partial charge in [-0.05, 0) is 18.6 Å². The van der Waals surface area contributed by atoms with Gasteiger partial charge in [0.05, 0.1) is 12.4 Å². The van der Waals surface area contributed by atoms with Crippen molar-refractivity contribution in [2.45, 2.75) is 13.0 Å². The lowest BCUT2D eigenvalue weighted by Gasteiger charge is -2.34. The van der Waals surface area contributed by atoms with Gasteiger partial charge in [-0.1, -0.05) is 6.07 Å². The normalized spacial score (nSPS) is 19.4. The molecule has 106 valence electrons. The zero-order valence-corrected chi connectivity index (χ0v) is 12.0. The molecule has 2 rings (SSSR count). The van der Waals surface area contributed by atoms with E-state index in [9.17, 15) is 13.5 Å². The van der Waals surface area contributed by atoms with Gasteiger partial charge < -0.3 is 10.0 Å². The van der Waals surface area contributed by atoms with Crippen LogP contribution in [-0.4, -0.2) is 55.2 Å². The van der Waals surface area contributed by atoms with Gasteiger partial charge in [0.15, 0.2) is 0 Å². The summed E-state index contributed by atoms with van der Waals surface area (Å²) in [5.74, 6) is 0.817. The molecule has 2 heterocycles. The Hall–Kier alpha value is -1.18. The van der Waals surface area contributed by atoms with Crippen LogP contribution in [-0.2, 0) is 10.0 Å². The zero-order valence-electron chi connectivity index (χ0n) is 11.2. The SMILES string of the molecule is CC(O)c1ccc(N2CCN(S(C)(=O)=O)CC2)nc1. The maximum Gasteiger partial charge on any atom is 0.211 e. The molecule has 1 unspecified atom stereocenters. The minimum Gasteiger partial charge on any atom is -0.389 e. The summed E-state index contributed by atoms with van der Waals surface area (Å²) in [6.07, 6.45) is 2.37. The molecule has 1 aromatic rings. The molecule has 0 amide bonds. The van der Waals surface area contributed by atoms with E-state index in [2.05, 4.69) is 4.98 Å². The summed E-state index contributed by atoms with van der Waals surface area (Å²) in [5.41, 5.74) is 0.776. The Morgan fingerprint density at radius 1 is 1.26 bits per heavy atom. The van der Waals surface area contributed by atoms with Crippen LogP contribution >= 0.6 is 0 Å². The lowest BCUT2D eigenvalue weighted by Crippen LogP contribution is -2.48. The molecule has 0 bridgehead atoms. The van der Waals surface area contributed by atoms with Crippen molar-refractivity contribution in [1.29, 1.82) is 0 Å². The minimum absolute atomic E-state index is 0.485. The Morgan fingerprint density at radius 3 is 2.32 bits per heavy atom. The van der Waals surface area contributed by atoms with Crippen molar-refractivity contribution in [2.75, 3.05) is 37.3 Å². The summed E-state index contributed by atoms with van der Waals surface area (Å²) in [6.45, 7) is 3.93. The van der Waals surface area contributed by atoms with Crippen LogP contribution in [0.3, 0.4) is 0 Å². The summed E-state index contributed by atoms with van der Waals surface area (Å²) >= 11 is 0. The third kappa shape index (κ3) is 3.43. The first-order valence-corrected chi connectivity index (χ1v) is 8.07. The first kappa shape index (κ1) is 14.2. The molecule has 1 aliphatic heterocycles. The molecule has 1 saturated heterocycles. The molecule has 19 heavy (non-hydrogen) atoms. The predicted molar refractivity (Wildman–Crippen MR) is 73.5 cm³/mol. The fourth-order valence-electron chi connectivity index (χ4n) is 2.08. The lowest BCUT2D eigenvalue weighted by atomic mass is 10.2. The van der Waals surface area contributed by atoms with Crippen LogP contribution in [0.15, 0.2) is 18.3 Å². The molecule has 1 atom stereocenters. The maximum absolute atomic E-state index is 11.4. The van der Waals surface area contributed by atoms with E-state index in [0.717, 1.165) is 11.4 Å². The second-order valence-electron chi connectivity index (χ2n) is 4.77. The molecule has 0 spiro atoms. The van der Waals surface area contributed by atoms with E-state index in [1.54, 1.807) is 13.1 Å². The van der Waals surface area contributed by atoms with Crippen molar-refractivity contribution >= 4 is 15.8 Å². The molecule has 1 fully saturated rings. The van der Waals surface area contributed by atoms with Crippen molar-refractivity contribution in [3.05, 3.63) is 23.9 Å². The predicted octanol–water partition coefficient (Wildman–Crippen LogP) is 0.216. The third-order valence-corrected chi connectivity index (χ3v) is 4.59. The maximum atomic E-state index is 11.4. The number of anilines is 1. The molecular weight excluding hydrogens is 266 g/mol. The highest BCUT2D eigenvalue weighted by molar-refractivity contribution is 7.88. The Morgan fingerprint density at radius 2 is 1.89 bits per heavy atom. The van der Waals surface area contributed by atoms with Crippen LogP contribution in [0.4, 0.5) is 5.82 Å². The average Bonchev–Trinajstić information content (AvgIpc) is 2.38. The van der Waals surface area contributed by atoms with Gasteiger partial charge in [0.1, 0.15) is 5.82 Å². The van der Waals surface area contributed by atoms with Gasteiger partial charge in [-0.3, -0.25) is 0 Å². The molecular formula is C12H19N3O3S. The summed E-state index contributed by atoms with van der Waals surface area (Å²) in [4.78, 5) is 6.36. The van der Waals surface area contributed by atoms with Crippen molar-refractivity contribution in [3.8, 4) is 0 Å². The van der Waals surface area contributed by atoms with Crippen molar-refractivity contribution in [1.82, 2.24) is 9.29 Å². The number of nitrogens with zero attached hydrogens (tertiary/aromatic N) is 3. The molecule has 0 radical (unpaired) electrons. The van der Waals surface area contributed by atoms with E-state index in [-0.39, 0.29) is 0 Å². The van der Waals surface area contributed by atoms with Gasteiger partial charge in [-0.15, -0.1) is 0 Å². The van der Waals surface area contributed by atoms with E-state index >= 15 is 0 Å². The number of rotatable bonds is 3. The van der Waals surface area contributed by atoms with Gasteiger partial charge in [0.25, 0.3) is 0 Å². The minimum atomic E-state index is -3.10. The van der Waals surface area contributed by atoms with Crippen LogP contribution < -0.4 is 4.90 Å². The van der Waals surface area contributed by atoms with Gasteiger partial charge in [0.2, 0.25) is 10.0 Å². The number of piperazine rings is 1. The average molecular weight is 285 g/mol. The monoisotopic (exact) mass is 285 g/mol. The number of aliphatic hydroxyl groups is 1. The summed E-state index contributed by atoms with van der Waals surface area (Å²) in [7, 11) is -3.10. The zero-order chi connectivity index (χ0) is 14.0. The van der Waals surface area contributed by atoms with E-state index in [0.29, 0.717) is 26.2 Å². The number of aliphatic hydroxyl groups excluding tert-OH is 1. The highest BCUT2D eigenvalue weighted by Crippen LogP contribution is 2.17. The number of sulfonamides is 1. The second-order valence-corrected chi connectivity index (χ2v) is 6.76. The van der Waals surface area contributed by atoms with Crippen LogP contribution in [0, 0.1) is 0 Å². The van der Waals surface area contributed by atoms with Crippen LogP contribution in [0.2, 0.25) is 0 Å². The Bertz CT molecular complexity index is 520. The fourth-order valence-corrected chi connectivity index (χ4v) is 2.91. The molecule has 0 aliphatic carbocycles. The molecule has 6 nitrogen and oxygen atoms in total. The molecule has 7 heteroatoms. The molecule has 1 aromatic heterocycles. The standard InChI is InChI=1S/C12H19N3O3S/c1-10(16)11-3-4-12(13-9-11)14-5-7-15(8-6-14)19(2,17)18/h3-4,9-10,16H,5-8H2,1-2H3. The highest BCUT2D eigenvalue weighted by atomic mass is 32.2. The van der Waals surface area contributed by atoms with E-state index < -0.39 is 16.1 Å².